The lowest BCUT2D eigenvalue weighted by atomic mass is 9.87. The van der Waals surface area contributed by atoms with Gasteiger partial charge in [-0.15, -0.1) is 5.10 Å². The fourth-order valence-corrected chi connectivity index (χ4v) is 3.77. The number of carbonyl (C=O) groups is 1. The van der Waals surface area contributed by atoms with Crippen molar-refractivity contribution >= 4 is 28.9 Å². The number of hydrogen-bond acceptors (Lipinski definition) is 3. The van der Waals surface area contributed by atoms with Gasteiger partial charge in [0.1, 0.15) is 5.82 Å². The average Bonchev–Trinajstić information content (AvgIpc) is 2.96. The summed E-state index contributed by atoms with van der Waals surface area (Å²) >= 11 is 6.34. The molecule has 1 N–H and O–H groups in total. The molecular formula is C21H19ClFN3O. The summed E-state index contributed by atoms with van der Waals surface area (Å²) in [5, 5.41) is 8.42. The van der Waals surface area contributed by atoms with Crippen molar-refractivity contribution < 1.29 is 9.18 Å². The van der Waals surface area contributed by atoms with E-state index in [-0.39, 0.29) is 17.5 Å². The summed E-state index contributed by atoms with van der Waals surface area (Å²) in [5.41, 5.74) is 3.90. The summed E-state index contributed by atoms with van der Waals surface area (Å²) in [6, 6.07) is 11.8. The molecule has 0 radical (unpaired) electrons. The van der Waals surface area contributed by atoms with Crippen LogP contribution in [-0.4, -0.2) is 15.6 Å². The smallest absolute Gasteiger partial charge is 0.168 e. The number of hydrogen-bond donors (Lipinski definition) is 1. The van der Waals surface area contributed by atoms with Crippen molar-refractivity contribution in [2.24, 2.45) is 5.92 Å². The standard InChI is InChI=1S/C21H19ClFN3O/c1-12-3-8-17(16(22)9-12)24-21-20-18(10-13(2)11-19(20)27)26(25-21)15-6-4-14(23)5-7-15/h3-9,13H,10-11H2,1-2H3,(H,24,25). The number of nitrogens with zero attached hydrogens (tertiary/aromatic N) is 2. The van der Waals surface area contributed by atoms with Gasteiger partial charge in [-0.05, 0) is 61.2 Å². The van der Waals surface area contributed by atoms with E-state index in [2.05, 4.69) is 10.4 Å². The maximum Gasteiger partial charge on any atom is 0.168 e. The van der Waals surface area contributed by atoms with Crippen LogP contribution < -0.4 is 5.32 Å². The van der Waals surface area contributed by atoms with Crippen LogP contribution in [0, 0.1) is 18.7 Å². The minimum atomic E-state index is -0.311. The minimum absolute atomic E-state index is 0.0582. The number of ketones is 1. The number of halogens is 2. The highest BCUT2D eigenvalue weighted by molar-refractivity contribution is 6.33. The molecule has 2 aromatic carbocycles. The molecule has 0 spiro atoms. The molecule has 138 valence electrons. The second-order valence-corrected chi connectivity index (χ2v) is 7.51. The monoisotopic (exact) mass is 383 g/mol. The zero-order chi connectivity index (χ0) is 19.1. The minimum Gasteiger partial charge on any atom is -0.337 e. The predicted molar refractivity (Wildman–Crippen MR) is 105 cm³/mol. The Hall–Kier alpha value is -2.66. The molecule has 1 aromatic heterocycles. The van der Waals surface area contributed by atoms with Gasteiger partial charge in [0.05, 0.1) is 27.7 Å². The molecule has 0 fully saturated rings. The molecule has 0 aliphatic heterocycles. The molecular weight excluding hydrogens is 365 g/mol. The molecule has 0 saturated heterocycles. The quantitative estimate of drug-likeness (QED) is 0.651. The Labute approximate surface area is 162 Å². The topological polar surface area (TPSA) is 46.9 Å². The molecule has 1 heterocycles. The van der Waals surface area contributed by atoms with E-state index < -0.39 is 0 Å². The third-order valence-electron chi connectivity index (χ3n) is 4.78. The van der Waals surface area contributed by atoms with Crippen LogP contribution in [0.15, 0.2) is 42.5 Å². The van der Waals surface area contributed by atoms with Crippen molar-refractivity contribution in [1.82, 2.24) is 9.78 Å². The van der Waals surface area contributed by atoms with Gasteiger partial charge in [0, 0.05) is 6.42 Å². The van der Waals surface area contributed by atoms with Crippen molar-refractivity contribution in [3.8, 4) is 5.69 Å². The zero-order valence-corrected chi connectivity index (χ0v) is 15.8. The number of carbonyl (C=O) groups excluding carboxylic acids is 1. The Morgan fingerprint density at radius 1 is 1.19 bits per heavy atom. The van der Waals surface area contributed by atoms with Crippen LogP contribution in [0.3, 0.4) is 0 Å². The summed E-state index contributed by atoms with van der Waals surface area (Å²) in [7, 11) is 0. The van der Waals surface area contributed by atoms with E-state index >= 15 is 0 Å². The molecule has 0 saturated carbocycles. The van der Waals surface area contributed by atoms with Crippen molar-refractivity contribution in [3.05, 3.63) is 70.1 Å². The average molecular weight is 384 g/mol. The second-order valence-electron chi connectivity index (χ2n) is 7.10. The van der Waals surface area contributed by atoms with E-state index in [1.807, 2.05) is 32.0 Å². The number of Topliss-reactive ketones (excluding diaryl/α,β-unsaturated/α-hetero) is 1. The molecule has 4 rings (SSSR count). The lowest BCUT2D eigenvalue weighted by Crippen LogP contribution is -2.19. The number of aromatic nitrogens is 2. The van der Waals surface area contributed by atoms with E-state index in [9.17, 15) is 9.18 Å². The summed E-state index contributed by atoms with van der Waals surface area (Å²) in [5.74, 6) is 0.463. The highest BCUT2D eigenvalue weighted by Crippen LogP contribution is 2.35. The summed E-state index contributed by atoms with van der Waals surface area (Å²) in [6.07, 6.45) is 1.22. The molecule has 4 nitrogen and oxygen atoms in total. The normalized spacial score (nSPS) is 16.3. The van der Waals surface area contributed by atoms with Gasteiger partial charge in [0.15, 0.2) is 11.6 Å². The molecule has 1 aliphatic rings. The molecule has 27 heavy (non-hydrogen) atoms. The Balaban J connectivity index is 1.83. The molecule has 1 atom stereocenters. The van der Waals surface area contributed by atoms with Gasteiger partial charge in [-0.25, -0.2) is 9.07 Å². The van der Waals surface area contributed by atoms with Crippen LogP contribution in [0.1, 0.15) is 35.0 Å². The third kappa shape index (κ3) is 3.35. The van der Waals surface area contributed by atoms with E-state index in [1.165, 1.54) is 12.1 Å². The Morgan fingerprint density at radius 2 is 1.93 bits per heavy atom. The van der Waals surface area contributed by atoms with Gasteiger partial charge in [0.2, 0.25) is 0 Å². The SMILES string of the molecule is Cc1ccc(Nc2nn(-c3ccc(F)cc3)c3c2C(=O)CC(C)C3)c(Cl)c1. The van der Waals surface area contributed by atoms with Crippen LogP contribution in [-0.2, 0) is 6.42 Å². The van der Waals surface area contributed by atoms with Gasteiger partial charge in [-0.2, -0.15) is 0 Å². The largest absolute Gasteiger partial charge is 0.337 e. The number of rotatable bonds is 3. The Morgan fingerprint density at radius 3 is 2.63 bits per heavy atom. The predicted octanol–water partition coefficient (Wildman–Crippen LogP) is 5.48. The molecule has 6 heteroatoms. The number of benzene rings is 2. The first-order chi connectivity index (χ1) is 12.9. The van der Waals surface area contributed by atoms with Gasteiger partial charge < -0.3 is 5.32 Å². The summed E-state index contributed by atoms with van der Waals surface area (Å²) in [4.78, 5) is 12.8. The number of nitrogens with one attached hydrogen (secondary N) is 1. The highest BCUT2D eigenvalue weighted by atomic mass is 35.5. The summed E-state index contributed by atoms with van der Waals surface area (Å²) < 4.78 is 15.1. The fraction of sp³-hybridized carbons (Fsp3) is 0.238. The van der Waals surface area contributed by atoms with Crippen molar-refractivity contribution in [2.45, 2.75) is 26.7 Å². The maximum atomic E-state index is 13.3. The first-order valence-corrected chi connectivity index (χ1v) is 9.24. The number of anilines is 2. The first-order valence-electron chi connectivity index (χ1n) is 8.86. The highest BCUT2D eigenvalue weighted by Gasteiger charge is 2.31. The van der Waals surface area contributed by atoms with Gasteiger partial charge >= 0.3 is 0 Å². The lowest BCUT2D eigenvalue weighted by molar-refractivity contribution is 0.0953. The van der Waals surface area contributed by atoms with E-state index in [1.54, 1.807) is 16.8 Å². The zero-order valence-electron chi connectivity index (χ0n) is 15.1. The third-order valence-corrected chi connectivity index (χ3v) is 5.10. The van der Waals surface area contributed by atoms with Crippen LogP contribution in [0.2, 0.25) is 5.02 Å². The lowest BCUT2D eigenvalue weighted by Gasteiger charge is -2.19. The Bertz CT molecular complexity index is 1030. The first kappa shape index (κ1) is 17.7. The van der Waals surface area contributed by atoms with Crippen LogP contribution in [0.5, 0.6) is 0 Å². The van der Waals surface area contributed by atoms with Crippen LogP contribution >= 0.6 is 11.6 Å². The van der Waals surface area contributed by atoms with E-state index in [4.69, 9.17) is 11.6 Å². The van der Waals surface area contributed by atoms with Crippen molar-refractivity contribution in [2.75, 3.05) is 5.32 Å². The van der Waals surface area contributed by atoms with Crippen LogP contribution in [0.25, 0.3) is 5.69 Å². The van der Waals surface area contributed by atoms with E-state index in [0.717, 1.165) is 23.4 Å². The molecule has 0 amide bonds. The fourth-order valence-electron chi connectivity index (χ4n) is 3.49. The molecule has 1 aliphatic carbocycles. The number of aryl methyl sites for hydroxylation is 1. The second kappa shape index (κ2) is 6.82. The summed E-state index contributed by atoms with van der Waals surface area (Å²) in [6.45, 7) is 4.01. The molecule has 1 unspecified atom stereocenters. The van der Waals surface area contributed by atoms with Crippen molar-refractivity contribution in [1.29, 1.82) is 0 Å². The van der Waals surface area contributed by atoms with Gasteiger partial charge in [-0.3, -0.25) is 4.79 Å². The Kier molecular flexibility index (Phi) is 4.48. The maximum absolute atomic E-state index is 13.3. The molecule has 0 bridgehead atoms. The van der Waals surface area contributed by atoms with Gasteiger partial charge in [-0.1, -0.05) is 24.6 Å². The molecule has 3 aromatic rings. The number of fused-ring (bicyclic) bond motifs is 1. The van der Waals surface area contributed by atoms with E-state index in [0.29, 0.717) is 28.5 Å². The van der Waals surface area contributed by atoms with Gasteiger partial charge in [0.25, 0.3) is 0 Å². The van der Waals surface area contributed by atoms with Crippen LogP contribution in [0.4, 0.5) is 15.9 Å². The van der Waals surface area contributed by atoms with Crippen molar-refractivity contribution in [3.63, 3.8) is 0 Å².